The highest BCUT2D eigenvalue weighted by molar-refractivity contribution is 6.13. The standard InChI is InChI=1S/C25H25N7O3/c1-32(16-17-8-4-2-5-9-17)21-15-19(14-20-23(34)31-25(35)29-20)28-24(30-21)27-13-12-26-22(33)18-10-6-3-7-11-18/h2-11,14-15H,12-13,16H2,1H3,(H,26,33)(H,27,28,30)(H2,29,31,34,35)/b20-14-. The fourth-order valence-corrected chi connectivity index (χ4v) is 3.41. The Balaban J connectivity index is 1.48. The zero-order chi connectivity index (χ0) is 24.6. The summed E-state index contributed by atoms with van der Waals surface area (Å²) in [5.41, 5.74) is 2.23. The van der Waals surface area contributed by atoms with Crippen LogP contribution in [-0.4, -0.2) is 48.0 Å². The van der Waals surface area contributed by atoms with E-state index < -0.39 is 11.9 Å². The molecule has 1 aromatic heterocycles. The monoisotopic (exact) mass is 471 g/mol. The van der Waals surface area contributed by atoms with Crippen LogP contribution in [0.4, 0.5) is 16.6 Å². The van der Waals surface area contributed by atoms with E-state index in [9.17, 15) is 14.4 Å². The number of anilines is 2. The number of nitrogens with zero attached hydrogens (tertiary/aromatic N) is 3. The summed E-state index contributed by atoms with van der Waals surface area (Å²) in [5.74, 6) is 0.258. The molecule has 1 fully saturated rings. The molecule has 35 heavy (non-hydrogen) atoms. The number of aromatic nitrogens is 2. The summed E-state index contributed by atoms with van der Waals surface area (Å²) in [6, 6.07) is 20.0. The van der Waals surface area contributed by atoms with Gasteiger partial charge in [0.25, 0.3) is 11.8 Å². The van der Waals surface area contributed by atoms with Crippen LogP contribution in [0.25, 0.3) is 6.08 Å². The predicted octanol–water partition coefficient (Wildman–Crippen LogP) is 2.14. The molecule has 2 aromatic carbocycles. The van der Waals surface area contributed by atoms with Gasteiger partial charge < -0.3 is 20.9 Å². The fourth-order valence-electron chi connectivity index (χ4n) is 3.41. The van der Waals surface area contributed by atoms with E-state index in [1.165, 1.54) is 6.08 Å². The van der Waals surface area contributed by atoms with Gasteiger partial charge in [0.15, 0.2) is 0 Å². The third kappa shape index (κ3) is 6.41. The van der Waals surface area contributed by atoms with Gasteiger partial charge in [0.05, 0.1) is 5.69 Å². The lowest BCUT2D eigenvalue weighted by Crippen LogP contribution is -2.29. The van der Waals surface area contributed by atoms with Crippen molar-refractivity contribution in [2.24, 2.45) is 0 Å². The Hall–Kier alpha value is -4.73. The van der Waals surface area contributed by atoms with Crippen LogP contribution in [-0.2, 0) is 11.3 Å². The van der Waals surface area contributed by atoms with Gasteiger partial charge in [-0.05, 0) is 23.8 Å². The Morgan fingerprint density at radius 2 is 1.69 bits per heavy atom. The summed E-state index contributed by atoms with van der Waals surface area (Å²) in [6.45, 7) is 1.35. The molecule has 2 heterocycles. The first-order valence-electron chi connectivity index (χ1n) is 11.0. The van der Waals surface area contributed by atoms with E-state index in [4.69, 9.17) is 0 Å². The highest BCUT2D eigenvalue weighted by atomic mass is 16.2. The number of hydrogen-bond acceptors (Lipinski definition) is 7. The van der Waals surface area contributed by atoms with Crippen LogP contribution in [0.5, 0.6) is 0 Å². The SMILES string of the molecule is CN(Cc1ccccc1)c1cc(/C=C2\NC(=O)NC2=O)nc(NCCNC(=O)c2ccccc2)n1. The van der Waals surface area contributed by atoms with Crippen molar-refractivity contribution >= 4 is 35.7 Å². The highest BCUT2D eigenvalue weighted by Crippen LogP contribution is 2.18. The quantitative estimate of drug-likeness (QED) is 0.214. The van der Waals surface area contributed by atoms with Gasteiger partial charge in [-0.2, -0.15) is 4.98 Å². The molecule has 0 spiro atoms. The van der Waals surface area contributed by atoms with Crippen molar-refractivity contribution in [2.75, 3.05) is 30.4 Å². The molecule has 4 rings (SSSR count). The molecule has 3 aromatic rings. The lowest BCUT2D eigenvalue weighted by atomic mass is 10.2. The topological polar surface area (TPSA) is 128 Å². The summed E-state index contributed by atoms with van der Waals surface area (Å²) in [6.07, 6.45) is 1.49. The van der Waals surface area contributed by atoms with Gasteiger partial charge in [-0.15, -0.1) is 0 Å². The fraction of sp³-hybridized carbons (Fsp3) is 0.160. The van der Waals surface area contributed by atoms with E-state index in [0.29, 0.717) is 42.7 Å². The molecule has 10 nitrogen and oxygen atoms in total. The van der Waals surface area contributed by atoms with Crippen LogP contribution in [0.1, 0.15) is 21.6 Å². The molecule has 0 bridgehead atoms. The van der Waals surface area contributed by atoms with E-state index in [0.717, 1.165) is 5.56 Å². The van der Waals surface area contributed by atoms with Crippen LogP contribution in [0.2, 0.25) is 0 Å². The van der Waals surface area contributed by atoms with E-state index in [2.05, 4.69) is 31.2 Å². The van der Waals surface area contributed by atoms with Gasteiger partial charge in [-0.1, -0.05) is 48.5 Å². The van der Waals surface area contributed by atoms with Gasteiger partial charge in [0.1, 0.15) is 11.5 Å². The molecule has 0 saturated carbocycles. The average molecular weight is 472 g/mol. The van der Waals surface area contributed by atoms with Crippen LogP contribution in [0.3, 0.4) is 0 Å². The first kappa shape index (κ1) is 23.4. The van der Waals surface area contributed by atoms with Gasteiger partial charge in [-0.3, -0.25) is 14.9 Å². The number of benzene rings is 2. The maximum Gasteiger partial charge on any atom is 0.326 e. The Bertz CT molecular complexity index is 1250. The van der Waals surface area contributed by atoms with Gasteiger partial charge >= 0.3 is 6.03 Å². The van der Waals surface area contributed by atoms with Crippen LogP contribution >= 0.6 is 0 Å². The number of nitrogens with one attached hydrogen (secondary N) is 4. The summed E-state index contributed by atoms with van der Waals surface area (Å²) < 4.78 is 0. The van der Waals surface area contributed by atoms with E-state index in [1.807, 2.05) is 60.5 Å². The minimum absolute atomic E-state index is 0.103. The number of imide groups is 1. The molecule has 178 valence electrons. The van der Waals surface area contributed by atoms with Gasteiger partial charge in [0.2, 0.25) is 5.95 Å². The lowest BCUT2D eigenvalue weighted by Gasteiger charge is -2.19. The average Bonchev–Trinajstić information content (AvgIpc) is 3.18. The Morgan fingerprint density at radius 3 is 2.37 bits per heavy atom. The number of carbonyl (C=O) groups is 3. The molecule has 0 aliphatic carbocycles. The highest BCUT2D eigenvalue weighted by Gasteiger charge is 2.23. The van der Waals surface area contributed by atoms with E-state index in [-0.39, 0.29) is 11.6 Å². The predicted molar refractivity (Wildman–Crippen MR) is 132 cm³/mol. The Kier molecular flexibility index (Phi) is 7.31. The summed E-state index contributed by atoms with van der Waals surface area (Å²) in [7, 11) is 1.90. The van der Waals surface area contributed by atoms with Crippen molar-refractivity contribution in [3.8, 4) is 0 Å². The lowest BCUT2D eigenvalue weighted by molar-refractivity contribution is -0.115. The van der Waals surface area contributed by atoms with Crippen molar-refractivity contribution in [3.63, 3.8) is 0 Å². The maximum absolute atomic E-state index is 12.2. The minimum Gasteiger partial charge on any atom is -0.355 e. The van der Waals surface area contributed by atoms with Gasteiger partial charge in [0, 0.05) is 38.3 Å². The molecule has 0 atom stereocenters. The molecule has 1 saturated heterocycles. The van der Waals surface area contributed by atoms with E-state index in [1.54, 1.807) is 18.2 Å². The smallest absolute Gasteiger partial charge is 0.326 e. The number of rotatable bonds is 9. The minimum atomic E-state index is -0.579. The normalized spacial score (nSPS) is 13.8. The van der Waals surface area contributed by atoms with E-state index >= 15 is 0 Å². The summed E-state index contributed by atoms with van der Waals surface area (Å²) in [5, 5.41) is 10.6. The molecule has 4 amide bonds. The van der Waals surface area contributed by atoms with Crippen molar-refractivity contribution in [2.45, 2.75) is 6.54 Å². The first-order valence-corrected chi connectivity index (χ1v) is 11.0. The van der Waals surface area contributed by atoms with Crippen LogP contribution in [0.15, 0.2) is 72.4 Å². The van der Waals surface area contributed by atoms with Crippen molar-refractivity contribution in [1.29, 1.82) is 0 Å². The molecule has 0 unspecified atom stereocenters. The van der Waals surface area contributed by atoms with Crippen molar-refractivity contribution in [1.82, 2.24) is 25.9 Å². The molecule has 10 heteroatoms. The van der Waals surface area contributed by atoms with Crippen molar-refractivity contribution < 1.29 is 14.4 Å². The zero-order valence-corrected chi connectivity index (χ0v) is 19.1. The van der Waals surface area contributed by atoms with Crippen LogP contribution in [0, 0.1) is 0 Å². The van der Waals surface area contributed by atoms with Crippen LogP contribution < -0.4 is 26.2 Å². The third-order valence-electron chi connectivity index (χ3n) is 5.13. The largest absolute Gasteiger partial charge is 0.355 e. The maximum atomic E-state index is 12.2. The molecular formula is C25H25N7O3. The van der Waals surface area contributed by atoms with Crippen molar-refractivity contribution in [3.05, 3.63) is 89.2 Å². The van der Waals surface area contributed by atoms with Gasteiger partial charge in [-0.25, -0.2) is 9.78 Å². The zero-order valence-electron chi connectivity index (χ0n) is 19.1. The molecular weight excluding hydrogens is 446 g/mol. The first-order chi connectivity index (χ1) is 17.0. The second kappa shape index (κ2) is 10.9. The Morgan fingerprint density at radius 1 is 0.971 bits per heavy atom. The number of urea groups is 1. The summed E-state index contributed by atoms with van der Waals surface area (Å²) >= 11 is 0. The summed E-state index contributed by atoms with van der Waals surface area (Å²) in [4.78, 5) is 46.6. The second-order valence-corrected chi connectivity index (χ2v) is 7.83. The number of hydrogen-bond donors (Lipinski definition) is 4. The number of carbonyl (C=O) groups excluding carboxylic acids is 3. The molecule has 0 radical (unpaired) electrons. The molecule has 1 aliphatic heterocycles. The Labute approximate surface area is 202 Å². The third-order valence-corrected chi connectivity index (χ3v) is 5.13. The number of amides is 4. The molecule has 4 N–H and O–H groups in total. The second-order valence-electron chi connectivity index (χ2n) is 7.83. The molecule has 1 aliphatic rings.